The van der Waals surface area contributed by atoms with Crippen molar-refractivity contribution in [3.63, 3.8) is 0 Å². The lowest BCUT2D eigenvalue weighted by Crippen LogP contribution is -2.57. The van der Waals surface area contributed by atoms with Gasteiger partial charge in [0.1, 0.15) is 6.04 Å². The van der Waals surface area contributed by atoms with Gasteiger partial charge in [-0.2, -0.15) is 5.26 Å². The van der Waals surface area contributed by atoms with E-state index in [1.54, 1.807) is 7.05 Å². The van der Waals surface area contributed by atoms with Crippen LogP contribution in [0.4, 0.5) is 0 Å². The van der Waals surface area contributed by atoms with Crippen LogP contribution in [0, 0.1) is 11.3 Å². The van der Waals surface area contributed by atoms with Gasteiger partial charge in [-0.1, -0.05) is 0 Å². The molecule has 0 aliphatic carbocycles. The van der Waals surface area contributed by atoms with E-state index in [9.17, 15) is 9.59 Å². The first-order valence-electron chi connectivity index (χ1n) is 7.18. The smallest absolute Gasteiger partial charge is 0.239 e. The Bertz CT molecular complexity index is 406. The normalized spacial score (nSPS) is 19.1. The van der Waals surface area contributed by atoms with Crippen molar-refractivity contribution in [2.24, 2.45) is 0 Å². The summed E-state index contributed by atoms with van der Waals surface area (Å²) in [6.45, 7) is 5.73. The Labute approximate surface area is 125 Å². The van der Waals surface area contributed by atoms with Gasteiger partial charge in [0.2, 0.25) is 11.8 Å². The molecule has 1 fully saturated rings. The Kier molecular flexibility index (Phi) is 7.12. The van der Waals surface area contributed by atoms with Gasteiger partial charge in [-0.3, -0.25) is 14.5 Å². The maximum Gasteiger partial charge on any atom is 0.239 e. The summed E-state index contributed by atoms with van der Waals surface area (Å²) >= 11 is 0. The van der Waals surface area contributed by atoms with Crippen LogP contribution < -0.4 is 5.32 Å². The van der Waals surface area contributed by atoms with Crippen molar-refractivity contribution in [1.82, 2.24) is 15.1 Å². The highest BCUT2D eigenvalue weighted by Gasteiger charge is 2.31. The highest BCUT2D eigenvalue weighted by atomic mass is 16.5. The Balaban J connectivity index is 2.59. The first kappa shape index (κ1) is 17.4. The average Bonchev–Trinajstić information content (AvgIpc) is 2.44. The third-order valence-corrected chi connectivity index (χ3v) is 3.30. The molecule has 1 saturated heterocycles. The molecule has 118 valence electrons. The average molecular weight is 296 g/mol. The molecule has 7 nitrogen and oxygen atoms in total. The van der Waals surface area contributed by atoms with E-state index in [2.05, 4.69) is 5.32 Å². The number of carbonyl (C=O) groups excluding carboxylic acids is 2. The molecule has 21 heavy (non-hydrogen) atoms. The van der Waals surface area contributed by atoms with E-state index >= 15 is 0 Å². The maximum absolute atomic E-state index is 12.1. The molecule has 0 bridgehead atoms. The van der Waals surface area contributed by atoms with Gasteiger partial charge in [0, 0.05) is 26.2 Å². The lowest BCUT2D eigenvalue weighted by molar-refractivity contribution is -0.139. The van der Waals surface area contributed by atoms with Crippen molar-refractivity contribution in [3.05, 3.63) is 0 Å². The molecular formula is C14H24N4O3. The summed E-state index contributed by atoms with van der Waals surface area (Å²) < 4.78 is 5.35. The fourth-order valence-electron chi connectivity index (χ4n) is 2.09. The number of ether oxygens (including phenoxy) is 1. The molecule has 2 amide bonds. The molecule has 1 unspecified atom stereocenters. The highest BCUT2D eigenvalue weighted by Crippen LogP contribution is 2.08. The molecular weight excluding hydrogens is 272 g/mol. The Hall–Kier alpha value is -1.65. The SMILES string of the molecule is CC(C)NC(=O)C1COCCN1CC(=O)N(C)CCC#N. The molecule has 1 heterocycles. The van der Waals surface area contributed by atoms with Crippen molar-refractivity contribution < 1.29 is 14.3 Å². The van der Waals surface area contributed by atoms with Crippen molar-refractivity contribution in [3.8, 4) is 6.07 Å². The first-order chi connectivity index (χ1) is 9.95. The zero-order valence-corrected chi connectivity index (χ0v) is 13.0. The number of amides is 2. The highest BCUT2D eigenvalue weighted by molar-refractivity contribution is 5.84. The first-order valence-corrected chi connectivity index (χ1v) is 7.18. The molecule has 7 heteroatoms. The summed E-state index contributed by atoms with van der Waals surface area (Å²) in [5.74, 6) is -0.202. The van der Waals surface area contributed by atoms with E-state index in [0.717, 1.165) is 0 Å². The molecule has 0 aromatic carbocycles. The molecule has 1 rings (SSSR count). The molecule has 0 saturated carbocycles. The van der Waals surface area contributed by atoms with Crippen LogP contribution in [-0.2, 0) is 14.3 Å². The predicted octanol–water partition coefficient (Wildman–Crippen LogP) is -0.416. The largest absolute Gasteiger partial charge is 0.378 e. The van der Waals surface area contributed by atoms with Gasteiger partial charge < -0.3 is 15.0 Å². The van der Waals surface area contributed by atoms with Gasteiger partial charge in [0.15, 0.2) is 0 Å². The van der Waals surface area contributed by atoms with Crippen molar-refractivity contribution in [2.75, 3.05) is 39.9 Å². The van der Waals surface area contributed by atoms with Crippen molar-refractivity contribution in [2.45, 2.75) is 32.4 Å². The van der Waals surface area contributed by atoms with Crippen LogP contribution in [0.1, 0.15) is 20.3 Å². The monoisotopic (exact) mass is 296 g/mol. The summed E-state index contributed by atoms with van der Waals surface area (Å²) in [6.07, 6.45) is 0.308. The third kappa shape index (κ3) is 5.69. The summed E-state index contributed by atoms with van der Waals surface area (Å²) in [5, 5.41) is 11.4. The minimum absolute atomic E-state index is 0.0512. The number of nitrogens with zero attached hydrogens (tertiary/aromatic N) is 3. The van der Waals surface area contributed by atoms with Gasteiger partial charge in [-0.25, -0.2) is 0 Å². The lowest BCUT2D eigenvalue weighted by atomic mass is 10.2. The standard InChI is InChI=1S/C14H24N4O3/c1-11(2)16-14(20)12-10-21-8-7-18(12)9-13(19)17(3)6-4-5-15/h11-12H,4,6-10H2,1-3H3,(H,16,20). The summed E-state index contributed by atoms with van der Waals surface area (Å²) in [6, 6.07) is 1.63. The van der Waals surface area contributed by atoms with E-state index in [1.807, 2.05) is 24.8 Å². The van der Waals surface area contributed by atoms with Crippen molar-refractivity contribution >= 4 is 11.8 Å². The molecule has 1 aliphatic heterocycles. The van der Waals surface area contributed by atoms with E-state index in [-0.39, 0.29) is 24.4 Å². The molecule has 0 aromatic heterocycles. The zero-order chi connectivity index (χ0) is 15.8. The molecule has 0 radical (unpaired) electrons. The summed E-state index contributed by atoms with van der Waals surface area (Å²) in [7, 11) is 1.67. The second kappa shape index (κ2) is 8.60. The predicted molar refractivity (Wildman–Crippen MR) is 77.3 cm³/mol. The van der Waals surface area contributed by atoms with Crippen LogP contribution in [0.25, 0.3) is 0 Å². The van der Waals surface area contributed by atoms with E-state index < -0.39 is 6.04 Å². The minimum Gasteiger partial charge on any atom is -0.378 e. The Morgan fingerprint density at radius 3 is 2.86 bits per heavy atom. The Morgan fingerprint density at radius 1 is 1.52 bits per heavy atom. The van der Waals surface area contributed by atoms with Crippen LogP contribution in [-0.4, -0.2) is 73.6 Å². The number of carbonyl (C=O) groups is 2. The third-order valence-electron chi connectivity index (χ3n) is 3.30. The van der Waals surface area contributed by atoms with Crippen LogP contribution in [0.5, 0.6) is 0 Å². The molecule has 1 atom stereocenters. The van der Waals surface area contributed by atoms with Gasteiger partial charge in [-0.05, 0) is 13.8 Å². The quantitative estimate of drug-likeness (QED) is 0.720. The fraction of sp³-hybridized carbons (Fsp3) is 0.786. The fourth-order valence-corrected chi connectivity index (χ4v) is 2.09. The van der Waals surface area contributed by atoms with E-state index in [4.69, 9.17) is 10.00 Å². The van der Waals surface area contributed by atoms with Crippen LogP contribution >= 0.6 is 0 Å². The second-order valence-electron chi connectivity index (χ2n) is 5.45. The van der Waals surface area contributed by atoms with E-state index in [0.29, 0.717) is 32.7 Å². The maximum atomic E-state index is 12.1. The topological polar surface area (TPSA) is 85.7 Å². The Morgan fingerprint density at radius 2 is 2.24 bits per heavy atom. The van der Waals surface area contributed by atoms with Crippen LogP contribution in [0.3, 0.4) is 0 Å². The number of nitrogens with one attached hydrogen (secondary N) is 1. The minimum atomic E-state index is -0.436. The number of morpholine rings is 1. The summed E-state index contributed by atoms with van der Waals surface area (Å²) in [5.41, 5.74) is 0. The van der Waals surface area contributed by atoms with Crippen LogP contribution in [0.15, 0.2) is 0 Å². The second-order valence-corrected chi connectivity index (χ2v) is 5.45. The summed E-state index contributed by atoms with van der Waals surface area (Å²) in [4.78, 5) is 27.6. The molecule has 1 N–H and O–H groups in total. The van der Waals surface area contributed by atoms with Gasteiger partial charge in [0.05, 0.1) is 32.2 Å². The lowest BCUT2D eigenvalue weighted by Gasteiger charge is -2.35. The number of hydrogen-bond acceptors (Lipinski definition) is 5. The number of likely N-dealkylation sites (N-methyl/N-ethyl adjacent to an activating group) is 1. The zero-order valence-electron chi connectivity index (χ0n) is 13.0. The molecule has 0 aromatic rings. The van der Waals surface area contributed by atoms with Gasteiger partial charge in [-0.15, -0.1) is 0 Å². The van der Waals surface area contributed by atoms with Gasteiger partial charge in [0.25, 0.3) is 0 Å². The van der Waals surface area contributed by atoms with Gasteiger partial charge >= 0.3 is 0 Å². The molecule has 0 spiro atoms. The van der Waals surface area contributed by atoms with Crippen LogP contribution in [0.2, 0.25) is 0 Å². The molecule has 1 aliphatic rings. The van der Waals surface area contributed by atoms with Crippen molar-refractivity contribution in [1.29, 1.82) is 5.26 Å². The number of rotatable bonds is 6. The van der Waals surface area contributed by atoms with E-state index in [1.165, 1.54) is 4.90 Å². The number of hydrogen-bond donors (Lipinski definition) is 1. The number of nitriles is 1.